The molecule has 0 unspecified atom stereocenters. The number of hydrogen-bond donors (Lipinski definition) is 0. The molecular formula is C14H18ClFO. The molecule has 1 atom stereocenters. The summed E-state index contributed by atoms with van der Waals surface area (Å²) in [5, 5.41) is 0.0150. The summed E-state index contributed by atoms with van der Waals surface area (Å²) in [6.45, 7) is 4.11. The highest BCUT2D eigenvalue weighted by molar-refractivity contribution is 6.31. The van der Waals surface area contributed by atoms with Crippen molar-refractivity contribution >= 4 is 17.4 Å². The Balaban J connectivity index is 2.82. The molecule has 0 aromatic heterocycles. The van der Waals surface area contributed by atoms with Gasteiger partial charge in [-0.15, -0.1) is 0 Å². The first kappa shape index (κ1) is 14.2. The van der Waals surface area contributed by atoms with Crippen LogP contribution in [0.1, 0.15) is 49.9 Å². The van der Waals surface area contributed by atoms with Gasteiger partial charge in [0.2, 0.25) is 0 Å². The first-order chi connectivity index (χ1) is 8.10. The predicted octanol–water partition coefficient (Wildman–Crippen LogP) is 4.88. The lowest BCUT2D eigenvalue weighted by Gasteiger charge is -2.13. The van der Waals surface area contributed by atoms with Gasteiger partial charge >= 0.3 is 0 Å². The molecule has 0 saturated carbocycles. The number of carbonyl (C=O) groups is 1. The number of benzene rings is 1. The number of Topliss-reactive ketones (excluding diaryl/α,β-unsaturated/α-hetero) is 1. The highest BCUT2D eigenvalue weighted by Gasteiger charge is 2.18. The van der Waals surface area contributed by atoms with E-state index in [9.17, 15) is 9.18 Å². The molecule has 1 aromatic rings. The molecule has 0 fully saturated rings. The van der Waals surface area contributed by atoms with Gasteiger partial charge in [0.05, 0.1) is 5.02 Å². The highest BCUT2D eigenvalue weighted by Crippen LogP contribution is 2.22. The van der Waals surface area contributed by atoms with Crippen molar-refractivity contribution < 1.29 is 9.18 Å². The zero-order valence-corrected chi connectivity index (χ0v) is 11.1. The molecule has 1 rings (SSSR count). The van der Waals surface area contributed by atoms with Crippen molar-refractivity contribution in [2.24, 2.45) is 5.92 Å². The number of ketones is 1. The Morgan fingerprint density at radius 3 is 2.65 bits per heavy atom. The number of rotatable bonds is 6. The fraction of sp³-hybridized carbons (Fsp3) is 0.500. The predicted molar refractivity (Wildman–Crippen MR) is 69.0 cm³/mol. The monoisotopic (exact) mass is 256 g/mol. The molecule has 0 heterocycles. The van der Waals surface area contributed by atoms with Crippen LogP contribution in [0.5, 0.6) is 0 Å². The number of hydrogen-bond acceptors (Lipinski definition) is 1. The van der Waals surface area contributed by atoms with Gasteiger partial charge in [-0.25, -0.2) is 4.39 Å². The van der Waals surface area contributed by atoms with Gasteiger partial charge in [0.15, 0.2) is 5.78 Å². The van der Waals surface area contributed by atoms with Crippen molar-refractivity contribution in [3.63, 3.8) is 0 Å². The van der Waals surface area contributed by atoms with Crippen LogP contribution in [0.4, 0.5) is 4.39 Å². The van der Waals surface area contributed by atoms with Gasteiger partial charge in [-0.1, -0.05) is 38.3 Å². The summed E-state index contributed by atoms with van der Waals surface area (Å²) in [4.78, 5) is 12.2. The second-order valence-electron chi connectivity index (χ2n) is 4.24. The van der Waals surface area contributed by atoms with Crippen LogP contribution in [-0.2, 0) is 0 Å². The maximum atomic E-state index is 13.0. The van der Waals surface area contributed by atoms with Gasteiger partial charge in [-0.3, -0.25) is 4.79 Å². The molecule has 0 aliphatic heterocycles. The zero-order chi connectivity index (χ0) is 12.8. The third kappa shape index (κ3) is 3.81. The Hall–Kier alpha value is -0.890. The van der Waals surface area contributed by atoms with E-state index in [4.69, 9.17) is 11.6 Å². The SMILES string of the molecule is CCCC[C@H](CC)C(=O)c1ccc(F)c(Cl)c1. The summed E-state index contributed by atoms with van der Waals surface area (Å²) in [5.74, 6) is -0.385. The van der Waals surface area contributed by atoms with E-state index in [1.807, 2.05) is 6.92 Å². The third-order valence-electron chi connectivity index (χ3n) is 2.97. The number of halogens is 2. The van der Waals surface area contributed by atoms with Crippen molar-refractivity contribution in [2.45, 2.75) is 39.5 Å². The fourth-order valence-electron chi connectivity index (χ4n) is 1.86. The van der Waals surface area contributed by atoms with Crippen molar-refractivity contribution in [1.82, 2.24) is 0 Å². The van der Waals surface area contributed by atoms with E-state index >= 15 is 0 Å². The average molecular weight is 257 g/mol. The van der Waals surface area contributed by atoms with Gasteiger partial charge in [-0.05, 0) is 31.0 Å². The molecule has 0 aliphatic rings. The quantitative estimate of drug-likeness (QED) is 0.663. The van der Waals surface area contributed by atoms with Gasteiger partial charge in [-0.2, -0.15) is 0 Å². The molecular weight excluding hydrogens is 239 g/mol. The molecule has 0 saturated heterocycles. The van der Waals surface area contributed by atoms with E-state index in [1.165, 1.54) is 18.2 Å². The van der Waals surface area contributed by atoms with E-state index in [0.29, 0.717) is 5.56 Å². The van der Waals surface area contributed by atoms with Gasteiger partial charge < -0.3 is 0 Å². The molecule has 0 spiro atoms. The molecule has 94 valence electrons. The first-order valence-electron chi connectivity index (χ1n) is 6.09. The molecule has 1 nitrogen and oxygen atoms in total. The summed E-state index contributed by atoms with van der Waals surface area (Å²) < 4.78 is 13.0. The summed E-state index contributed by atoms with van der Waals surface area (Å²) in [7, 11) is 0. The van der Waals surface area contributed by atoms with Crippen LogP contribution >= 0.6 is 11.6 Å². The standard InChI is InChI=1S/C14H18ClFO/c1-3-5-6-10(4-2)14(17)11-7-8-13(16)12(15)9-11/h7-10H,3-6H2,1-2H3/t10-/m0/s1. The van der Waals surface area contributed by atoms with Crippen LogP contribution < -0.4 is 0 Å². The maximum Gasteiger partial charge on any atom is 0.165 e. The fourth-order valence-corrected chi connectivity index (χ4v) is 2.04. The Morgan fingerprint density at radius 1 is 1.41 bits per heavy atom. The lowest BCUT2D eigenvalue weighted by Crippen LogP contribution is -2.14. The van der Waals surface area contributed by atoms with Crippen molar-refractivity contribution in [2.75, 3.05) is 0 Å². The first-order valence-corrected chi connectivity index (χ1v) is 6.47. The summed E-state index contributed by atoms with van der Waals surface area (Å²) in [6.07, 6.45) is 3.82. The topological polar surface area (TPSA) is 17.1 Å². The summed E-state index contributed by atoms with van der Waals surface area (Å²) >= 11 is 5.68. The highest BCUT2D eigenvalue weighted by atomic mass is 35.5. The molecule has 0 amide bonds. The molecule has 3 heteroatoms. The molecule has 0 bridgehead atoms. The van der Waals surface area contributed by atoms with Crippen molar-refractivity contribution in [3.8, 4) is 0 Å². The Bertz CT molecular complexity index is 390. The van der Waals surface area contributed by atoms with Crippen LogP contribution in [0.3, 0.4) is 0 Å². The molecule has 1 aromatic carbocycles. The Kier molecular flexibility index (Phi) is 5.63. The Morgan fingerprint density at radius 2 is 2.12 bits per heavy atom. The van der Waals surface area contributed by atoms with Crippen LogP contribution in [0.25, 0.3) is 0 Å². The van der Waals surface area contributed by atoms with Crippen molar-refractivity contribution in [1.29, 1.82) is 0 Å². The van der Waals surface area contributed by atoms with E-state index in [1.54, 1.807) is 0 Å². The largest absolute Gasteiger partial charge is 0.294 e. The molecule has 17 heavy (non-hydrogen) atoms. The van der Waals surface area contributed by atoms with E-state index in [0.717, 1.165) is 25.7 Å². The molecule has 0 N–H and O–H groups in total. The minimum absolute atomic E-state index is 0.0150. The van der Waals surface area contributed by atoms with Gasteiger partial charge in [0, 0.05) is 11.5 Å². The second kappa shape index (κ2) is 6.75. The van der Waals surface area contributed by atoms with Gasteiger partial charge in [0.1, 0.15) is 5.82 Å². The third-order valence-corrected chi connectivity index (χ3v) is 3.26. The second-order valence-corrected chi connectivity index (χ2v) is 4.65. The summed E-state index contributed by atoms with van der Waals surface area (Å²) in [6, 6.07) is 4.19. The van der Waals surface area contributed by atoms with Gasteiger partial charge in [0.25, 0.3) is 0 Å². The molecule has 0 aliphatic carbocycles. The molecule has 0 radical (unpaired) electrons. The van der Waals surface area contributed by atoms with E-state index in [2.05, 4.69) is 6.92 Å². The van der Waals surface area contributed by atoms with Crippen LogP contribution in [0.2, 0.25) is 5.02 Å². The van der Waals surface area contributed by atoms with Crippen LogP contribution in [-0.4, -0.2) is 5.78 Å². The maximum absolute atomic E-state index is 13.0. The smallest absolute Gasteiger partial charge is 0.165 e. The lowest BCUT2D eigenvalue weighted by molar-refractivity contribution is 0.0908. The summed E-state index contributed by atoms with van der Waals surface area (Å²) in [5.41, 5.74) is 0.513. The minimum Gasteiger partial charge on any atom is -0.294 e. The number of unbranched alkanes of at least 4 members (excludes halogenated alkanes) is 1. The zero-order valence-electron chi connectivity index (χ0n) is 10.3. The van der Waals surface area contributed by atoms with Crippen molar-refractivity contribution in [3.05, 3.63) is 34.6 Å². The number of carbonyl (C=O) groups excluding carboxylic acids is 1. The average Bonchev–Trinajstić information content (AvgIpc) is 2.33. The van der Waals surface area contributed by atoms with E-state index < -0.39 is 5.82 Å². The van der Waals surface area contributed by atoms with Crippen LogP contribution in [0.15, 0.2) is 18.2 Å². The Labute approximate surface area is 107 Å². The van der Waals surface area contributed by atoms with E-state index in [-0.39, 0.29) is 16.7 Å². The lowest BCUT2D eigenvalue weighted by atomic mass is 9.91. The minimum atomic E-state index is -0.482. The normalized spacial score (nSPS) is 12.5. The van der Waals surface area contributed by atoms with Crippen LogP contribution in [0, 0.1) is 11.7 Å².